The summed E-state index contributed by atoms with van der Waals surface area (Å²) in [6, 6.07) is 7.09. The molecule has 1 N–H and O–H groups in total. The first kappa shape index (κ1) is 14.9. The lowest BCUT2D eigenvalue weighted by Crippen LogP contribution is -2.29. The fourth-order valence-corrected chi connectivity index (χ4v) is 1.50. The first-order valence-corrected chi connectivity index (χ1v) is 5.96. The lowest BCUT2D eigenvalue weighted by atomic mass is 10.1. The average Bonchev–Trinajstić information content (AvgIpc) is 2.41. The van der Waals surface area contributed by atoms with Crippen LogP contribution < -0.4 is 5.32 Å². The Bertz CT molecular complexity index is 482. The second kappa shape index (κ2) is 7.31. The molecule has 1 aromatic rings. The Hall–Kier alpha value is -2.17. The van der Waals surface area contributed by atoms with Crippen molar-refractivity contribution in [1.29, 1.82) is 0 Å². The fourth-order valence-electron chi connectivity index (χ4n) is 1.50. The number of carbonyl (C=O) groups is 3. The van der Waals surface area contributed by atoms with E-state index in [2.05, 4.69) is 10.1 Å². The van der Waals surface area contributed by atoms with Crippen LogP contribution in [0.3, 0.4) is 0 Å². The van der Waals surface area contributed by atoms with Crippen molar-refractivity contribution in [3.05, 3.63) is 35.4 Å². The Morgan fingerprint density at radius 3 is 2.58 bits per heavy atom. The molecular formula is C14H17NO4. The molecule has 0 spiro atoms. The Balaban J connectivity index is 2.38. The van der Waals surface area contributed by atoms with E-state index in [1.54, 1.807) is 18.2 Å². The van der Waals surface area contributed by atoms with Crippen molar-refractivity contribution in [1.82, 2.24) is 5.32 Å². The SMILES string of the molecule is COC(=O)CCC(=O)CNC(=O)c1cccc(C)c1. The Labute approximate surface area is 111 Å². The van der Waals surface area contributed by atoms with Gasteiger partial charge in [-0.2, -0.15) is 0 Å². The molecule has 0 unspecified atom stereocenters. The number of carbonyl (C=O) groups excluding carboxylic acids is 3. The summed E-state index contributed by atoms with van der Waals surface area (Å²) in [6.45, 7) is 1.81. The van der Waals surface area contributed by atoms with Gasteiger partial charge in [-0.3, -0.25) is 14.4 Å². The largest absolute Gasteiger partial charge is 0.469 e. The molecule has 1 aromatic carbocycles. The Morgan fingerprint density at radius 2 is 1.95 bits per heavy atom. The Morgan fingerprint density at radius 1 is 1.21 bits per heavy atom. The fraction of sp³-hybridized carbons (Fsp3) is 0.357. The van der Waals surface area contributed by atoms with Crippen molar-refractivity contribution in [2.24, 2.45) is 0 Å². The van der Waals surface area contributed by atoms with E-state index < -0.39 is 5.97 Å². The van der Waals surface area contributed by atoms with Crippen LogP contribution >= 0.6 is 0 Å². The van der Waals surface area contributed by atoms with E-state index in [1.807, 2.05) is 13.0 Å². The number of aryl methyl sites for hydroxylation is 1. The van der Waals surface area contributed by atoms with Gasteiger partial charge in [-0.15, -0.1) is 0 Å². The van der Waals surface area contributed by atoms with E-state index in [1.165, 1.54) is 7.11 Å². The third-order valence-corrected chi connectivity index (χ3v) is 2.56. The number of amides is 1. The molecule has 102 valence electrons. The van der Waals surface area contributed by atoms with Gasteiger partial charge >= 0.3 is 5.97 Å². The van der Waals surface area contributed by atoms with Crippen LogP contribution in [0.25, 0.3) is 0 Å². The minimum absolute atomic E-state index is 0.0374. The molecular weight excluding hydrogens is 246 g/mol. The molecule has 0 aliphatic rings. The molecule has 5 heteroatoms. The molecule has 0 atom stereocenters. The van der Waals surface area contributed by atoms with Crippen LogP contribution in [0, 0.1) is 6.92 Å². The molecule has 0 saturated carbocycles. The molecule has 0 bridgehead atoms. The molecule has 0 radical (unpaired) electrons. The van der Waals surface area contributed by atoms with E-state index in [-0.39, 0.29) is 31.1 Å². The number of rotatable bonds is 6. The lowest BCUT2D eigenvalue weighted by Gasteiger charge is -2.05. The molecule has 19 heavy (non-hydrogen) atoms. The van der Waals surface area contributed by atoms with Crippen LogP contribution in [0.15, 0.2) is 24.3 Å². The summed E-state index contributed by atoms with van der Waals surface area (Å²) >= 11 is 0. The summed E-state index contributed by atoms with van der Waals surface area (Å²) in [4.78, 5) is 34.0. The van der Waals surface area contributed by atoms with E-state index in [4.69, 9.17) is 0 Å². The standard InChI is InChI=1S/C14H17NO4/c1-10-4-3-5-11(8-10)14(18)15-9-12(16)6-7-13(17)19-2/h3-5,8H,6-7,9H2,1-2H3,(H,15,18). The normalized spacial score (nSPS) is 9.79. The number of hydrogen-bond acceptors (Lipinski definition) is 4. The maximum Gasteiger partial charge on any atom is 0.305 e. The minimum Gasteiger partial charge on any atom is -0.469 e. The Kier molecular flexibility index (Phi) is 5.73. The van der Waals surface area contributed by atoms with Crippen LogP contribution in [0.2, 0.25) is 0 Å². The number of ketones is 1. The number of esters is 1. The van der Waals surface area contributed by atoms with Gasteiger partial charge in [0.1, 0.15) is 0 Å². The molecule has 0 saturated heterocycles. The van der Waals surface area contributed by atoms with E-state index >= 15 is 0 Å². The van der Waals surface area contributed by atoms with Gasteiger partial charge in [-0.25, -0.2) is 0 Å². The monoisotopic (exact) mass is 263 g/mol. The molecule has 0 aliphatic carbocycles. The van der Waals surface area contributed by atoms with Gasteiger partial charge in [0.15, 0.2) is 5.78 Å². The van der Waals surface area contributed by atoms with Crippen molar-refractivity contribution in [2.75, 3.05) is 13.7 Å². The smallest absolute Gasteiger partial charge is 0.305 e. The van der Waals surface area contributed by atoms with Crippen LogP contribution in [-0.2, 0) is 14.3 Å². The molecule has 5 nitrogen and oxygen atoms in total. The molecule has 0 aromatic heterocycles. The van der Waals surface area contributed by atoms with Gasteiger partial charge in [0.2, 0.25) is 0 Å². The van der Waals surface area contributed by atoms with Gasteiger partial charge in [0.25, 0.3) is 5.91 Å². The zero-order valence-corrected chi connectivity index (χ0v) is 11.1. The van der Waals surface area contributed by atoms with Crippen LogP contribution in [-0.4, -0.2) is 31.3 Å². The van der Waals surface area contributed by atoms with Crippen LogP contribution in [0.5, 0.6) is 0 Å². The van der Waals surface area contributed by atoms with Crippen molar-refractivity contribution in [2.45, 2.75) is 19.8 Å². The van der Waals surface area contributed by atoms with Crippen molar-refractivity contribution < 1.29 is 19.1 Å². The number of ether oxygens (including phenoxy) is 1. The number of Topliss-reactive ketones (excluding diaryl/α,β-unsaturated/α-hetero) is 1. The third-order valence-electron chi connectivity index (χ3n) is 2.56. The first-order chi connectivity index (χ1) is 9.02. The molecule has 0 aliphatic heterocycles. The topological polar surface area (TPSA) is 72.5 Å². The first-order valence-electron chi connectivity index (χ1n) is 5.96. The zero-order valence-electron chi connectivity index (χ0n) is 11.1. The number of methoxy groups -OCH3 is 1. The van der Waals surface area contributed by atoms with Gasteiger partial charge in [-0.05, 0) is 19.1 Å². The summed E-state index contributed by atoms with van der Waals surface area (Å²) in [5.41, 5.74) is 1.49. The highest BCUT2D eigenvalue weighted by Gasteiger charge is 2.10. The molecule has 0 heterocycles. The number of hydrogen-bond donors (Lipinski definition) is 1. The van der Waals surface area contributed by atoms with Gasteiger partial charge < -0.3 is 10.1 Å². The van der Waals surface area contributed by atoms with Gasteiger partial charge in [-0.1, -0.05) is 17.7 Å². The average molecular weight is 263 g/mol. The van der Waals surface area contributed by atoms with Crippen LogP contribution in [0.4, 0.5) is 0 Å². The van der Waals surface area contributed by atoms with E-state index in [9.17, 15) is 14.4 Å². The highest BCUT2D eigenvalue weighted by Crippen LogP contribution is 2.03. The zero-order chi connectivity index (χ0) is 14.3. The predicted molar refractivity (Wildman–Crippen MR) is 69.8 cm³/mol. The van der Waals surface area contributed by atoms with Crippen LogP contribution in [0.1, 0.15) is 28.8 Å². The number of benzene rings is 1. The maximum absolute atomic E-state index is 11.7. The third kappa shape index (κ3) is 5.33. The molecule has 0 fully saturated rings. The maximum atomic E-state index is 11.7. The van der Waals surface area contributed by atoms with E-state index in [0.717, 1.165) is 5.56 Å². The molecule has 1 rings (SSSR count). The van der Waals surface area contributed by atoms with Crippen molar-refractivity contribution in [3.8, 4) is 0 Å². The van der Waals surface area contributed by atoms with E-state index in [0.29, 0.717) is 5.56 Å². The second-order valence-electron chi connectivity index (χ2n) is 4.17. The lowest BCUT2D eigenvalue weighted by molar-refractivity contribution is -0.141. The summed E-state index contributed by atoms with van der Waals surface area (Å²) < 4.78 is 4.43. The van der Waals surface area contributed by atoms with Crippen molar-refractivity contribution in [3.63, 3.8) is 0 Å². The summed E-state index contributed by atoms with van der Waals surface area (Å²) in [6.07, 6.45) is 0.108. The second-order valence-corrected chi connectivity index (χ2v) is 4.17. The summed E-state index contributed by atoms with van der Waals surface area (Å²) in [5.74, 6) is -0.931. The highest BCUT2D eigenvalue weighted by molar-refractivity contribution is 5.97. The highest BCUT2D eigenvalue weighted by atomic mass is 16.5. The summed E-state index contributed by atoms with van der Waals surface area (Å²) in [5, 5.41) is 2.53. The van der Waals surface area contributed by atoms with Gasteiger partial charge in [0, 0.05) is 12.0 Å². The number of nitrogens with one attached hydrogen (secondary N) is 1. The van der Waals surface area contributed by atoms with Crippen molar-refractivity contribution >= 4 is 17.7 Å². The predicted octanol–water partition coefficient (Wildman–Crippen LogP) is 1.25. The molecule has 1 amide bonds. The quantitative estimate of drug-likeness (QED) is 0.784. The van der Waals surface area contributed by atoms with Gasteiger partial charge in [0.05, 0.1) is 20.1 Å². The minimum atomic E-state index is -0.432. The summed E-state index contributed by atoms with van der Waals surface area (Å²) in [7, 11) is 1.27.